The number of methoxy groups -OCH3 is 5. The third-order valence-electron chi connectivity index (χ3n) is 15.5. The van der Waals surface area contributed by atoms with E-state index in [1.54, 1.807) is 68.4 Å². The van der Waals surface area contributed by atoms with Gasteiger partial charge >= 0.3 is 29.8 Å². The van der Waals surface area contributed by atoms with E-state index >= 15 is 0 Å². The zero-order valence-corrected chi connectivity index (χ0v) is 67.1. The highest BCUT2D eigenvalue weighted by Crippen LogP contribution is 2.39. The topological polar surface area (TPSA) is 271 Å². The van der Waals surface area contributed by atoms with Crippen molar-refractivity contribution in [1.29, 1.82) is 0 Å². The Morgan fingerprint density at radius 3 is 1.11 bits per heavy atom. The second-order valence-corrected chi connectivity index (χ2v) is 28.6. The van der Waals surface area contributed by atoms with Crippen LogP contribution in [0, 0.1) is 29.1 Å². The van der Waals surface area contributed by atoms with E-state index in [0.717, 1.165) is 0 Å². The summed E-state index contributed by atoms with van der Waals surface area (Å²) in [5.74, 6) is -5.73. The fraction of sp³-hybridized carbons (Fsp3) is 0.189. The molecule has 5 aromatic heterocycles. The van der Waals surface area contributed by atoms with Gasteiger partial charge in [-0.25, -0.2) is 51.7 Å². The maximum Gasteiger partial charge on any atom is 0.330 e. The lowest BCUT2D eigenvalue weighted by atomic mass is 9.92. The van der Waals surface area contributed by atoms with Gasteiger partial charge in [-0.15, -0.1) is 0 Å². The number of azide groups is 1. The molecule has 4 atom stereocenters. The van der Waals surface area contributed by atoms with E-state index in [-0.39, 0.29) is 74.8 Å². The molecule has 0 fully saturated rings. The standard InChI is InChI=1S/C15H11BrCl2FNO2.C15H11Cl2FN4O2.C15H13Cl2FN2O2.C15H12Cl2FNO2.C14H10Cl2FNO2/c1-15(16,14(21)22-2)9-6-12(20-13(18)7-9)8-3-4-11(19)10(17)5-8;1-15(21-22-19,14(23)24-2)9-6-12(20-13(17)7-9)8-3-4-11(18)10(16)5-8;1-15(19,14(21)22-2)9-6-12(20-13(17)7-9)8-3-4-11(18)10(16)5-8;1-8(15(20)21-2)10-6-13(19-14(17)7-10)9-3-4-12(18)11(16)5-9;1-20-14(19)6-8-4-12(18-13(16)5-8)9-2-3-11(17)10(15)7-9/h3-7H,1-2H3;3-7H,1-2H3;3-7H,19H2,1-2H3;3-8H,1-2H3;2-5,7H,6H2,1H3. The number of rotatable bonds is 16. The number of halogens is 16. The van der Waals surface area contributed by atoms with Crippen LogP contribution in [0.1, 0.15) is 61.4 Å². The van der Waals surface area contributed by atoms with Gasteiger partial charge in [0.2, 0.25) is 0 Å². The van der Waals surface area contributed by atoms with Gasteiger partial charge in [0.1, 0.15) is 64.7 Å². The number of carbonyl (C=O) groups is 5. The van der Waals surface area contributed by atoms with E-state index in [1.807, 2.05) is 0 Å². The van der Waals surface area contributed by atoms with Gasteiger partial charge in [0.15, 0.2) is 5.54 Å². The number of nitrogens with two attached hydrogens (primary N) is 1. The van der Waals surface area contributed by atoms with Gasteiger partial charge in [0.25, 0.3) is 0 Å². The highest BCUT2D eigenvalue weighted by molar-refractivity contribution is 9.10. The Labute approximate surface area is 679 Å². The first-order chi connectivity index (χ1) is 51.2. The molecule has 0 saturated carbocycles. The largest absolute Gasteiger partial charge is 0.469 e. The first-order valence-electron chi connectivity index (χ1n) is 30.8. The van der Waals surface area contributed by atoms with Gasteiger partial charge in [0.05, 0.1) is 101 Å². The number of alkyl halides is 1. The number of esters is 5. The average molecular weight is 1760 g/mol. The smallest absolute Gasteiger partial charge is 0.330 e. The molecule has 5 aromatic carbocycles. The molecular formula is C74H57BrCl10F5N9O10. The van der Waals surface area contributed by atoms with Crippen LogP contribution in [0.5, 0.6) is 0 Å². The van der Waals surface area contributed by atoms with Gasteiger partial charge in [-0.2, -0.15) is 0 Å². The molecule has 0 bridgehead atoms. The van der Waals surface area contributed by atoms with Gasteiger partial charge in [-0.3, -0.25) is 19.2 Å². The van der Waals surface area contributed by atoms with E-state index in [1.165, 1.54) is 146 Å². The number of aromatic nitrogens is 5. The van der Waals surface area contributed by atoms with Crippen LogP contribution in [0.3, 0.4) is 0 Å². The summed E-state index contributed by atoms with van der Waals surface area (Å²) in [6, 6.07) is 36.7. The van der Waals surface area contributed by atoms with E-state index in [2.05, 4.69) is 55.6 Å². The fourth-order valence-corrected chi connectivity index (χ4v) is 11.8. The zero-order valence-electron chi connectivity index (χ0n) is 58.0. The van der Waals surface area contributed by atoms with Crippen LogP contribution in [0.2, 0.25) is 50.9 Å². The Morgan fingerprint density at radius 1 is 0.440 bits per heavy atom. The van der Waals surface area contributed by atoms with Crippen LogP contribution in [-0.2, 0) is 69.5 Å². The molecule has 570 valence electrons. The van der Waals surface area contributed by atoms with Crippen LogP contribution in [-0.4, -0.2) is 90.3 Å². The Morgan fingerprint density at radius 2 is 0.761 bits per heavy atom. The molecule has 4 unspecified atom stereocenters. The molecule has 2 N–H and O–H groups in total. The highest BCUT2D eigenvalue weighted by Gasteiger charge is 2.38. The third kappa shape index (κ3) is 24.0. The van der Waals surface area contributed by atoms with E-state index < -0.39 is 68.3 Å². The van der Waals surface area contributed by atoms with E-state index in [9.17, 15) is 45.9 Å². The number of ether oxygens (including phenoxy) is 5. The first-order valence-corrected chi connectivity index (χ1v) is 35.4. The number of hydrogen-bond donors (Lipinski definition) is 1. The zero-order chi connectivity index (χ0) is 81.2. The number of nitrogens with zero attached hydrogens (tertiary/aromatic N) is 8. The summed E-state index contributed by atoms with van der Waals surface area (Å²) in [5.41, 5.74) is 19.5. The Hall–Kier alpha value is -8.50. The minimum Gasteiger partial charge on any atom is -0.469 e. The summed E-state index contributed by atoms with van der Waals surface area (Å²) in [5, 5.41) is 4.27. The van der Waals surface area contributed by atoms with E-state index in [0.29, 0.717) is 78.5 Å². The average Bonchev–Trinajstić information content (AvgIpc) is 0.436. The molecule has 5 heterocycles. The summed E-state index contributed by atoms with van der Waals surface area (Å²) >= 11 is 62.2. The SMILES string of the molecule is COC(=O)C(C)(Br)c1cc(Cl)nc(-c2ccc(F)c(Cl)c2)c1.COC(=O)C(C)(N)c1cc(Cl)nc(-c2ccc(F)c(Cl)c2)c1.COC(=O)C(C)(N=[N+]=[N-])c1cc(Cl)nc(-c2ccc(F)c(Cl)c2)c1.COC(=O)C(C)c1cc(Cl)nc(-c2ccc(F)c(Cl)c2)c1.COC(=O)Cc1cc(Cl)nc(-c2ccc(F)c(Cl)c2)c1. The minimum absolute atomic E-state index is 0.00112. The van der Waals surface area contributed by atoms with Crippen molar-refractivity contribution in [1.82, 2.24) is 24.9 Å². The summed E-state index contributed by atoms with van der Waals surface area (Å²) in [6.07, 6.45) is 0.0840. The predicted molar refractivity (Wildman–Crippen MR) is 415 cm³/mol. The van der Waals surface area contributed by atoms with Gasteiger partial charge in [-0.1, -0.05) is 137 Å². The first kappa shape index (κ1) is 89.4. The number of hydrogen-bond acceptors (Lipinski definition) is 17. The van der Waals surface area contributed by atoms with Crippen molar-refractivity contribution in [2.24, 2.45) is 10.8 Å². The molecule has 0 amide bonds. The molecule has 0 aliphatic heterocycles. The quantitative estimate of drug-likeness (QED) is 0.0138. The molecular weight excluding hydrogens is 1700 g/mol. The molecule has 0 spiro atoms. The lowest BCUT2D eigenvalue weighted by molar-refractivity contribution is -0.147. The molecule has 109 heavy (non-hydrogen) atoms. The number of benzene rings is 5. The lowest BCUT2D eigenvalue weighted by Gasteiger charge is -2.22. The van der Waals surface area contributed by atoms with Crippen LogP contribution in [0.25, 0.3) is 66.7 Å². The van der Waals surface area contributed by atoms with Crippen molar-refractivity contribution in [3.63, 3.8) is 0 Å². The summed E-state index contributed by atoms with van der Waals surface area (Å²) in [7, 11) is 6.35. The summed E-state index contributed by atoms with van der Waals surface area (Å²) < 4.78 is 88.6. The van der Waals surface area contributed by atoms with Gasteiger partial charge < -0.3 is 29.4 Å². The molecule has 35 heteroatoms. The van der Waals surface area contributed by atoms with E-state index in [4.69, 9.17) is 146 Å². The van der Waals surface area contributed by atoms with Crippen molar-refractivity contribution in [3.8, 4) is 56.3 Å². The van der Waals surface area contributed by atoms with Crippen LogP contribution in [0.4, 0.5) is 22.0 Å². The van der Waals surface area contributed by atoms with Crippen molar-refractivity contribution in [2.45, 2.75) is 55.4 Å². The molecule has 10 rings (SSSR count). The number of pyridine rings is 5. The molecule has 0 saturated heterocycles. The van der Waals surface area contributed by atoms with Crippen molar-refractivity contribution >= 4 is 162 Å². The maximum absolute atomic E-state index is 13.3. The van der Waals surface area contributed by atoms with Gasteiger partial charge in [0, 0.05) is 32.7 Å². The lowest BCUT2D eigenvalue weighted by Crippen LogP contribution is -2.42. The normalized spacial score (nSPS) is 12.5. The fourth-order valence-electron chi connectivity index (χ4n) is 9.47. The molecule has 10 aromatic rings. The third-order valence-corrected chi connectivity index (χ3v) is 18.7. The monoisotopic (exact) mass is 1760 g/mol. The van der Waals surface area contributed by atoms with Crippen molar-refractivity contribution in [2.75, 3.05) is 35.5 Å². The van der Waals surface area contributed by atoms with Crippen LogP contribution >= 0.6 is 132 Å². The summed E-state index contributed by atoms with van der Waals surface area (Å²) in [4.78, 5) is 82.1. The van der Waals surface area contributed by atoms with Crippen molar-refractivity contribution < 1.29 is 69.6 Å². The van der Waals surface area contributed by atoms with Crippen LogP contribution < -0.4 is 5.73 Å². The summed E-state index contributed by atoms with van der Waals surface area (Å²) in [6.45, 7) is 6.25. The molecule has 0 aliphatic carbocycles. The maximum atomic E-state index is 13.3. The predicted octanol–water partition coefficient (Wildman–Crippen LogP) is 21.8. The Bertz CT molecular complexity index is 5010. The Balaban J connectivity index is 0.000000213. The number of carbonyl (C=O) groups excluding carboxylic acids is 5. The highest BCUT2D eigenvalue weighted by atomic mass is 79.9. The second-order valence-electron chi connectivity index (χ2n) is 23.1. The van der Waals surface area contributed by atoms with Gasteiger partial charge in [-0.05, 0) is 213 Å². The Kier molecular flexibility index (Phi) is 32.7. The minimum atomic E-state index is -1.63. The van der Waals surface area contributed by atoms with Crippen LogP contribution in [0.15, 0.2) is 157 Å². The van der Waals surface area contributed by atoms with Crippen molar-refractivity contribution in [3.05, 3.63) is 270 Å². The second kappa shape index (κ2) is 39.9. The molecule has 0 aliphatic rings. The molecule has 0 radical (unpaired) electrons. The molecule has 19 nitrogen and oxygen atoms in total.